The van der Waals surface area contributed by atoms with Crippen molar-refractivity contribution in [1.29, 1.82) is 0 Å². The molecular weight excluding hydrogens is 462 g/mol. The van der Waals surface area contributed by atoms with Crippen LogP contribution in [0, 0.1) is 11.8 Å². The van der Waals surface area contributed by atoms with E-state index < -0.39 is 21.7 Å². The Balaban J connectivity index is 2.18. The van der Waals surface area contributed by atoms with Crippen LogP contribution >= 0.6 is 0 Å². The smallest absolute Gasteiger partial charge is 0.356 e. The first-order chi connectivity index (χ1) is 16.6. The van der Waals surface area contributed by atoms with Crippen molar-refractivity contribution in [2.24, 2.45) is 0 Å². The molecule has 3 rings (SSSR count). The molecule has 0 saturated carbocycles. The molecule has 1 unspecified atom stereocenters. The van der Waals surface area contributed by atoms with Crippen LogP contribution in [0.25, 0.3) is 11.3 Å². The van der Waals surface area contributed by atoms with Crippen LogP contribution in [-0.2, 0) is 22.3 Å². The molecule has 0 aliphatic carbocycles. The van der Waals surface area contributed by atoms with Gasteiger partial charge in [-0.2, -0.15) is 0 Å². The van der Waals surface area contributed by atoms with Crippen molar-refractivity contribution in [2.75, 3.05) is 33.9 Å². The molecule has 0 amide bonds. The molecule has 0 bridgehead atoms. The summed E-state index contributed by atoms with van der Waals surface area (Å²) in [5, 5.41) is 9.87. The summed E-state index contributed by atoms with van der Waals surface area (Å²) in [5.41, 5.74) is 4.27. The molecule has 1 aromatic carbocycles. The molecule has 2 atom stereocenters. The number of aliphatic hydroxyl groups excluding tert-OH is 1. The molecule has 2 heterocycles. The fourth-order valence-electron chi connectivity index (χ4n) is 4.04. The molecule has 188 valence electrons. The third-order valence-electron chi connectivity index (χ3n) is 5.54. The minimum absolute atomic E-state index is 0.0585. The molecule has 0 radical (unpaired) electrons. The van der Waals surface area contributed by atoms with E-state index in [1.54, 1.807) is 13.0 Å². The van der Waals surface area contributed by atoms with Crippen molar-refractivity contribution in [2.45, 2.75) is 51.4 Å². The zero-order valence-electron chi connectivity index (χ0n) is 21.4. The second-order valence-electron chi connectivity index (χ2n) is 9.73. The third-order valence-corrected chi connectivity index (χ3v) is 7.40. The maximum atomic E-state index is 13.4. The predicted molar refractivity (Wildman–Crippen MR) is 139 cm³/mol. The van der Waals surface area contributed by atoms with Gasteiger partial charge in [-0.1, -0.05) is 24.0 Å². The van der Waals surface area contributed by atoms with Crippen molar-refractivity contribution in [1.82, 2.24) is 14.2 Å². The summed E-state index contributed by atoms with van der Waals surface area (Å²) in [4.78, 5) is 19.4. The molecule has 35 heavy (non-hydrogen) atoms. The zero-order chi connectivity index (χ0) is 25.8. The molecule has 1 aliphatic rings. The normalized spacial score (nSPS) is 16.5. The van der Waals surface area contributed by atoms with Crippen LogP contribution in [0.3, 0.4) is 0 Å². The Morgan fingerprint density at radius 1 is 1.31 bits per heavy atom. The number of rotatable bonds is 7. The number of hydrogen-bond donors (Lipinski definition) is 1. The van der Waals surface area contributed by atoms with Crippen LogP contribution in [0.4, 0.5) is 0 Å². The summed E-state index contributed by atoms with van der Waals surface area (Å²) < 4.78 is 20.1. The first-order valence-corrected chi connectivity index (χ1v) is 12.9. The van der Waals surface area contributed by atoms with Gasteiger partial charge in [0.2, 0.25) is 0 Å². The van der Waals surface area contributed by atoms with E-state index in [-0.39, 0.29) is 24.9 Å². The zero-order valence-corrected chi connectivity index (χ0v) is 22.2. The minimum Gasteiger partial charge on any atom is -0.461 e. The molecule has 1 N–H and O–H groups in total. The number of esters is 1. The van der Waals surface area contributed by atoms with E-state index in [9.17, 15) is 14.1 Å². The monoisotopic (exact) mass is 497 g/mol. The molecule has 0 fully saturated rings. The fourth-order valence-corrected chi connectivity index (χ4v) is 5.44. The predicted octanol–water partition coefficient (Wildman–Crippen LogP) is 3.54. The second-order valence-corrected chi connectivity index (χ2v) is 11.9. The highest BCUT2D eigenvalue weighted by atomic mass is 32.2. The number of ether oxygens (including phenoxy) is 1. The SMILES string of the molecule is CCOC(=O)c1cc2c(c(-c3cccc(C#CCN(C)C)c3)n1)[C@@H](CCO)N(S(=O)C(C)(C)C)C2. The van der Waals surface area contributed by atoms with E-state index in [4.69, 9.17) is 9.72 Å². The summed E-state index contributed by atoms with van der Waals surface area (Å²) in [6, 6.07) is 9.20. The minimum atomic E-state index is -1.32. The molecule has 0 saturated heterocycles. The van der Waals surface area contributed by atoms with Crippen LogP contribution in [0.2, 0.25) is 0 Å². The second kappa shape index (κ2) is 11.4. The van der Waals surface area contributed by atoms with Crippen LogP contribution in [0.1, 0.15) is 67.3 Å². The highest BCUT2D eigenvalue weighted by Crippen LogP contribution is 2.44. The Hall–Kier alpha value is -2.57. The summed E-state index contributed by atoms with van der Waals surface area (Å²) in [5.74, 6) is 5.84. The van der Waals surface area contributed by atoms with E-state index in [0.717, 1.165) is 22.3 Å². The van der Waals surface area contributed by atoms with Gasteiger partial charge in [-0.25, -0.2) is 18.3 Å². The van der Waals surface area contributed by atoms with Gasteiger partial charge in [0.1, 0.15) is 16.7 Å². The quantitative estimate of drug-likeness (QED) is 0.465. The lowest BCUT2D eigenvalue weighted by atomic mass is 9.95. The molecule has 7 nitrogen and oxygen atoms in total. The Labute approximate surface area is 211 Å². The number of hydrogen-bond acceptors (Lipinski definition) is 6. The van der Waals surface area contributed by atoms with Crippen molar-refractivity contribution in [3.63, 3.8) is 0 Å². The highest BCUT2D eigenvalue weighted by molar-refractivity contribution is 7.84. The standard InChI is InChI=1S/C27H35N3O4S/c1-7-34-26(32)22-17-21-18-30(35(33)27(2,3)4)23(13-15-31)24(21)25(28-22)20-12-8-10-19(16-20)11-9-14-29(5)6/h8,10,12,16-17,23,31H,7,13-15,18H2,1-6H3/t23-,35?/m1/s1. The number of benzene rings is 1. The lowest BCUT2D eigenvalue weighted by molar-refractivity contribution is 0.0519. The number of aliphatic hydroxyl groups is 1. The van der Waals surface area contributed by atoms with Gasteiger partial charge in [-0.05, 0) is 72.0 Å². The topological polar surface area (TPSA) is 83.0 Å². The average molecular weight is 498 g/mol. The van der Waals surface area contributed by atoms with Crippen LogP contribution in [-0.4, -0.2) is 68.1 Å². The van der Waals surface area contributed by atoms with Crippen LogP contribution < -0.4 is 0 Å². The lowest BCUT2D eigenvalue weighted by Crippen LogP contribution is -2.36. The maximum Gasteiger partial charge on any atom is 0.356 e. The Morgan fingerprint density at radius 3 is 2.69 bits per heavy atom. The van der Waals surface area contributed by atoms with Gasteiger partial charge in [0.15, 0.2) is 0 Å². The van der Waals surface area contributed by atoms with Gasteiger partial charge in [-0.15, -0.1) is 0 Å². The fraction of sp³-hybridized carbons (Fsp3) is 0.481. The van der Waals surface area contributed by atoms with Crippen molar-refractivity contribution in [3.8, 4) is 23.1 Å². The number of pyridine rings is 1. The molecule has 0 spiro atoms. The molecule has 8 heteroatoms. The van der Waals surface area contributed by atoms with Gasteiger partial charge in [-0.3, -0.25) is 4.90 Å². The summed E-state index contributed by atoms with van der Waals surface area (Å²) in [7, 11) is 2.61. The summed E-state index contributed by atoms with van der Waals surface area (Å²) in [6.45, 7) is 8.78. The summed E-state index contributed by atoms with van der Waals surface area (Å²) in [6.07, 6.45) is 0.407. The largest absolute Gasteiger partial charge is 0.461 e. The molecule has 2 aromatic rings. The van der Waals surface area contributed by atoms with Crippen molar-refractivity contribution in [3.05, 3.63) is 52.7 Å². The number of aromatic nitrogens is 1. The highest BCUT2D eigenvalue weighted by Gasteiger charge is 2.40. The van der Waals surface area contributed by atoms with Crippen LogP contribution in [0.15, 0.2) is 30.3 Å². The van der Waals surface area contributed by atoms with Gasteiger partial charge in [0.25, 0.3) is 0 Å². The first-order valence-electron chi connectivity index (χ1n) is 11.8. The Kier molecular flexibility index (Phi) is 8.84. The number of carbonyl (C=O) groups excluding carboxylic acids is 1. The van der Waals surface area contributed by atoms with Gasteiger partial charge in [0.05, 0.1) is 29.6 Å². The molecule has 1 aliphatic heterocycles. The Morgan fingerprint density at radius 2 is 2.06 bits per heavy atom. The van der Waals surface area contributed by atoms with Gasteiger partial charge >= 0.3 is 5.97 Å². The molecular formula is C27H35N3O4S. The molecule has 1 aromatic heterocycles. The van der Waals surface area contributed by atoms with E-state index in [1.807, 2.05) is 68.3 Å². The van der Waals surface area contributed by atoms with E-state index in [0.29, 0.717) is 25.2 Å². The number of nitrogens with zero attached hydrogens (tertiary/aromatic N) is 3. The lowest BCUT2D eigenvalue weighted by Gasteiger charge is -2.30. The van der Waals surface area contributed by atoms with Crippen molar-refractivity contribution < 1.29 is 18.8 Å². The summed E-state index contributed by atoms with van der Waals surface area (Å²) >= 11 is 0. The van der Waals surface area contributed by atoms with E-state index in [1.165, 1.54) is 0 Å². The number of carbonyl (C=O) groups is 1. The van der Waals surface area contributed by atoms with E-state index >= 15 is 0 Å². The van der Waals surface area contributed by atoms with E-state index in [2.05, 4.69) is 11.8 Å². The number of fused-ring (bicyclic) bond motifs is 1. The van der Waals surface area contributed by atoms with Gasteiger partial charge < -0.3 is 9.84 Å². The maximum absolute atomic E-state index is 13.4. The first kappa shape index (κ1) is 27.0. The van der Waals surface area contributed by atoms with Crippen molar-refractivity contribution >= 4 is 17.0 Å². The van der Waals surface area contributed by atoms with Gasteiger partial charge in [0, 0.05) is 29.8 Å². The Bertz CT molecular complexity index is 1160. The third kappa shape index (κ3) is 6.36. The van der Waals surface area contributed by atoms with Crippen LogP contribution in [0.5, 0.6) is 0 Å². The average Bonchev–Trinajstić information content (AvgIpc) is 3.16.